The van der Waals surface area contributed by atoms with Crippen LogP contribution >= 0.6 is 0 Å². The molecule has 0 aliphatic carbocycles. The van der Waals surface area contributed by atoms with Gasteiger partial charge < -0.3 is 5.73 Å². The molecule has 0 bridgehead atoms. The van der Waals surface area contributed by atoms with Crippen molar-refractivity contribution in [3.8, 4) is 0 Å². The number of benzene rings is 2. The molecule has 3 nitrogen and oxygen atoms in total. The molecule has 110 valence electrons. The first-order valence-electron chi connectivity index (χ1n) is 7.39. The summed E-state index contributed by atoms with van der Waals surface area (Å²) in [6.07, 6.45) is 0. The summed E-state index contributed by atoms with van der Waals surface area (Å²) in [5, 5.41) is 8.66. The Morgan fingerprint density at radius 1 is 0.762 bits per heavy atom. The van der Waals surface area contributed by atoms with Gasteiger partial charge >= 0.3 is 0 Å². The minimum Gasteiger partial charge on any atom is -0.398 e. The van der Waals surface area contributed by atoms with E-state index >= 15 is 0 Å². The Hall–Kier alpha value is -2.16. The minimum atomic E-state index is 0.370. The maximum atomic E-state index is 6.29. The predicted octanol–water partition coefficient (Wildman–Crippen LogP) is 5.93. The Kier molecular flexibility index (Phi) is 4.73. The van der Waals surface area contributed by atoms with Gasteiger partial charge in [0.1, 0.15) is 0 Å². The van der Waals surface area contributed by atoms with Gasteiger partial charge in [0.15, 0.2) is 0 Å². The zero-order valence-electron chi connectivity index (χ0n) is 13.2. The Balaban J connectivity index is 2.42. The van der Waals surface area contributed by atoms with Crippen molar-refractivity contribution in [3.05, 3.63) is 53.6 Å². The number of anilines is 1. The SMILES string of the molecule is CC(C)c1cc(N=Nc2ccccc2)cc(C(C)C)c1N. The maximum absolute atomic E-state index is 6.29. The average molecular weight is 281 g/mol. The third-order valence-electron chi connectivity index (χ3n) is 3.51. The molecule has 2 aromatic rings. The Morgan fingerprint density at radius 2 is 1.24 bits per heavy atom. The molecule has 2 aromatic carbocycles. The number of nitrogen functional groups attached to an aromatic ring is 1. The van der Waals surface area contributed by atoms with Crippen LogP contribution in [0.5, 0.6) is 0 Å². The van der Waals surface area contributed by atoms with Crippen LogP contribution in [0.4, 0.5) is 17.1 Å². The van der Waals surface area contributed by atoms with E-state index in [0.29, 0.717) is 11.8 Å². The first-order chi connectivity index (χ1) is 9.99. The molecule has 0 saturated carbocycles. The Bertz CT molecular complexity index is 599. The highest BCUT2D eigenvalue weighted by atomic mass is 15.1. The number of hydrogen-bond acceptors (Lipinski definition) is 3. The molecule has 0 radical (unpaired) electrons. The van der Waals surface area contributed by atoms with Crippen molar-refractivity contribution in [1.29, 1.82) is 0 Å². The average Bonchev–Trinajstić information content (AvgIpc) is 2.46. The molecule has 3 heteroatoms. The lowest BCUT2D eigenvalue weighted by atomic mass is 9.92. The van der Waals surface area contributed by atoms with Crippen molar-refractivity contribution >= 4 is 17.1 Å². The van der Waals surface area contributed by atoms with Gasteiger partial charge in [-0.15, -0.1) is 0 Å². The number of nitrogens with zero attached hydrogens (tertiary/aromatic N) is 2. The highest BCUT2D eigenvalue weighted by Crippen LogP contribution is 2.34. The second-order valence-electron chi connectivity index (χ2n) is 5.88. The van der Waals surface area contributed by atoms with Crippen molar-refractivity contribution in [2.75, 3.05) is 5.73 Å². The Labute approximate surface area is 126 Å². The molecule has 0 spiro atoms. The summed E-state index contributed by atoms with van der Waals surface area (Å²) >= 11 is 0. The number of hydrogen-bond donors (Lipinski definition) is 1. The fraction of sp³-hybridized carbons (Fsp3) is 0.333. The van der Waals surface area contributed by atoms with Gasteiger partial charge in [0, 0.05) is 5.69 Å². The largest absolute Gasteiger partial charge is 0.398 e. The summed E-state index contributed by atoms with van der Waals surface area (Å²) in [5.41, 5.74) is 11.2. The van der Waals surface area contributed by atoms with Crippen LogP contribution in [0, 0.1) is 0 Å². The smallest absolute Gasteiger partial charge is 0.0864 e. The zero-order valence-corrected chi connectivity index (χ0v) is 13.2. The van der Waals surface area contributed by atoms with Crippen LogP contribution in [0.1, 0.15) is 50.7 Å². The Morgan fingerprint density at radius 3 is 1.71 bits per heavy atom. The van der Waals surface area contributed by atoms with Crippen molar-refractivity contribution in [2.45, 2.75) is 39.5 Å². The fourth-order valence-corrected chi connectivity index (χ4v) is 2.31. The fourth-order valence-electron chi connectivity index (χ4n) is 2.31. The van der Waals surface area contributed by atoms with Crippen LogP contribution in [0.2, 0.25) is 0 Å². The molecule has 0 aromatic heterocycles. The highest BCUT2D eigenvalue weighted by Gasteiger charge is 2.13. The summed E-state index contributed by atoms with van der Waals surface area (Å²) in [6.45, 7) is 8.59. The first kappa shape index (κ1) is 15.2. The lowest BCUT2D eigenvalue weighted by molar-refractivity contribution is 0.839. The standard InChI is InChI=1S/C18H23N3/c1-12(2)16-10-15(11-17(13(3)4)18(16)19)21-20-14-8-6-5-7-9-14/h5-13H,19H2,1-4H3. The molecular weight excluding hydrogens is 258 g/mol. The van der Waals surface area contributed by atoms with Crippen LogP contribution in [0.3, 0.4) is 0 Å². The molecule has 0 aliphatic rings. The van der Waals surface area contributed by atoms with Crippen LogP contribution in [0.25, 0.3) is 0 Å². The third kappa shape index (κ3) is 3.69. The summed E-state index contributed by atoms with van der Waals surface area (Å²) < 4.78 is 0. The van der Waals surface area contributed by atoms with Gasteiger partial charge in [-0.1, -0.05) is 45.9 Å². The van der Waals surface area contributed by atoms with Crippen molar-refractivity contribution in [2.24, 2.45) is 10.2 Å². The number of rotatable bonds is 4. The van der Waals surface area contributed by atoms with E-state index in [2.05, 4.69) is 37.9 Å². The van der Waals surface area contributed by atoms with E-state index in [1.807, 2.05) is 42.5 Å². The molecule has 2 N–H and O–H groups in total. The summed E-state index contributed by atoms with van der Waals surface area (Å²) in [5.74, 6) is 0.740. The van der Waals surface area contributed by atoms with Gasteiger partial charge in [-0.2, -0.15) is 10.2 Å². The first-order valence-corrected chi connectivity index (χ1v) is 7.39. The topological polar surface area (TPSA) is 50.7 Å². The predicted molar refractivity (Wildman–Crippen MR) is 89.7 cm³/mol. The number of nitrogens with two attached hydrogens (primary N) is 1. The summed E-state index contributed by atoms with van der Waals surface area (Å²) in [6, 6.07) is 13.8. The second-order valence-corrected chi connectivity index (χ2v) is 5.88. The molecule has 21 heavy (non-hydrogen) atoms. The van der Waals surface area contributed by atoms with E-state index in [0.717, 1.165) is 28.2 Å². The van der Waals surface area contributed by atoms with Crippen LogP contribution in [-0.2, 0) is 0 Å². The van der Waals surface area contributed by atoms with Gasteiger partial charge in [-0.05, 0) is 47.2 Å². The van der Waals surface area contributed by atoms with Gasteiger partial charge in [0.05, 0.1) is 11.4 Å². The van der Waals surface area contributed by atoms with Gasteiger partial charge in [-0.25, -0.2) is 0 Å². The quantitative estimate of drug-likeness (QED) is 0.548. The van der Waals surface area contributed by atoms with Crippen LogP contribution in [-0.4, -0.2) is 0 Å². The van der Waals surface area contributed by atoms with E-state index in [1.165, 1.54) is 0 Å². The van der Waals surface area contributed by atoms with Gasteiger partial charge in [0.25, 0.3) is 0 Å². The second kappa shape index (κ2) is 6.53. The van der Waals surface area contributed by atoms with E-state index in [9.17, 15) is 0 Å². The maximum Gasteiger partial charge on any atom is 0.0864 e. The van der Waals surface area contributed by atoms with Crippen molar-refractivity contribution in [1.82, 2.24) is 0 Å². The normalized spacial score (nSPS) is 11.7. The molecule has 0 atom stereocenters. The van der Waals surface area contributed by atoms with Gasteiger partial charge in [0.2, 0.25) is 0 Å². The molecule has 0 aliphatic heterocycles. The molecule has 0 saturated heterocycles. The minimum absolute atomic E-state index is 0.370. The summed E-state index contributed by atoms with van der Waals surface area (Å²) in [7, 11) is 0. The molecule has 0 amide bonds. The monoisotopic (exact) mass is 281 g/mol. The molecule has 0 unspecified atom stereocenters. The molecule has 0 heterocycles. The van der Waals surface area contributed by atoms with Gasteiger partial charge in [-0.3, -0.25) is 0 Å². The molecular formula is C18H23N3. The number of azo groups is 1. The van der Waals surface area contributed by atoms with Crippen molar-refractivity contribution < 1.29 is 0 Å². The zero-order chi connectivity index (χ0) is 15.4. The van der Waals surface area contributed by atoms with E-state index in [4.69, 9.17) is 5.73 Å². The van der Waals surface area contributed by atoms with E-state index < -0.39 is 0 Å². The lowest BCUT2D eigenvalue weighted by Gasteiger charge is -2.17. The molecule has 2 rings (SSSR count). The van der Waals surface area contributed by atoms with Crippen molar-refractivity contribution in [3.63, 3.8) is 0 Å². The molecule has 0 fully saturated rings. The van der Waals surface area contributed by atoms with E-state index in [1.54, 1.807) is 0 Å². The summed E-state index contributed by atoms with van der Waals surface area (Å²) in [4.78, 5) is 0. The highest BCUT2D eigenvalue weighted by molar-refractivity contribution is 5.62. The third-order valence-corrected chi connectivity index (χ3v) is 3.51. The lowest BCUT2D eigenvalue weighted by Crippen LogP contribution is -2.02. The van der Waals surface area contributed by atoms with Crippen LogP contribution in [0.15, 0.2) is 52.7 Å². The van der Waals surface area contributed by atoms with E-state index in [-0.39, 0.29) is 0 Å². The van der Waals surface area contributed by atoms with Crippen LogP contribution < -0.4 is 5.73 Å².